The molecular weight excluding hydrogens is 312 g/mol. The Hall–Kier alpha value is -1.84. The minimum absolute atomic E-state index is 0.0314. The standard InChI is InChI=1S/C21H30N2O2/c1-15-6-5-13-23(14-15)21(25)18-11-9-17(10-12-18)20(24)22-19-8-4-3-7-16(19)2/h3-4,7-8,15,17-18H,5-6,9-14H2,1-2H3,(H,22,24). The summed E-state index contributed by atoms with van der Waals surface area (Å²) in [5.41, 5.74) is 1.98. The van der Waals surface area contributed by atoms with E-state index in [9.17, 15) is 9.59 Å². The lowest BCUT2D eigenvalue weighted by Crippen LogP contribution is -2.43. The highest BCUT2D eigenvalue weighted by Crippen LogP contribution is 2.32. The van der Waals surface area contributed by atoms with Crippen molar-refractivity contribution in [2.75, 3.05) is 18.4 Å². The fraction of sp³-hybridized carbons (Fsp3) is 0.619. The highest BCUT2D eigenvalue weighted by Gasteiger charge is 2.33. The normalized spacial score (nSPS) is 27.0. The van der Waals surface area contributed by atoms with E-state index in [0.29, 0.717) is 11.8 Å². The number of carbonyl (C=O) groups excluding carboxylic acids is 2. The third-order valence-corrected chi connectivity index (χ3v) is 5.82. The molecule has 1 aromatic rings. The summed E-state index contributed by atoms with van der Waals surface area (Å²) in [6, 6.07) is 7.87. The monoisotopic (exact) mass is 342 g/mol. The molecule has 1 heterocycles. The maximum atomic E-state index is 12.7. The summed E-state index contributed by atoms with van der Waals surface area (Å²) < 4.78 is 0. The first-order chi connectivity index (χ1) is 12.0. The number of piperidine rings is 1. The largest absolute Gasteiger partial charge is 0.342 e. The van der Waals surface area contributed by atoms with E-state index in [0.717, 1.165) is 56.4 Å². The first kappa shape index (κ1) is 18.0. The van der Waals surface area contributed by atoms with Crippen LogP contribution in [0.5, 0.6) is 0 Å². The number of hydrogen-bond acceptors (Lipinski definition) is 2. The number of carbonyl (C=O) groups is 2. The highest BCUT2D eigenvalue weighted by atomic mass is 16.2. The molecule has 4 heteroatoms. The van der Waals surface area contributed by atoms with E-state index < -0.39 is 0 Å². The van der Waals surface area contributed by atoms with Crippen LogP contribution in [-0.4, -0.2) is 29.8 Å². The smallest absolute Gasteiger partial charge is 0.227 e. The number of hydrogen-bond donors (Lipinski definition) is 1. The zero-order chi connectivity index (χ0) is 17.8. The summed E-state index contributed by atoms with van der Waals surface area (Å²) in [5.74, 6) is 1.20. The van der Waals surface area contributed by atoms with Crippen molar-refractivity contribution in [1.82, 2.24) is 4.90 Å². The van der Waals surface area contributed by atoms with Gasteiger partial charge in [-0.1, -0.05) is 25.1 Å². The Morgan fingerprint density at radius 3 is 2.40 bits per heavy atom. The number of benzene rings is 1. The molecule has 0 bridgehead atoms. The molecule has 1 N–H and O–H groups in total. The van der Waals surface area contributed by atoms with E-state index in [1.807, 2.05) is 31.2 Å². The SMILES string of the molecule is Cc1ccccc1NC(=O)C1CCC(C(=O)N2CCCC(C)C2)CC1. The van der Waals surface area contributed by atoms with Gasteiger partial charge in [-0.15, -0.1) is 0 Å². The van der Waals surface area contributed by atoms with Crippen LogP contribution in [0, 0.1) is 24.7 Å². The molecule has 2 fully saturated rings. The third-order valence-electron chi connectivity index (χ3n) is 5.82. The molecule has 1 saturated carbocycles. The van der Waals surface area contributed by atoms with Crippen LogP contribution < -0.4 is 5.32 Å². The van der Waals surface area contributed by atoms with Crippen LogP contribution in [-0.2, 0) is 9.59 Å². The van der Waals surface area contributed by atoms with Gasteiger partial charge in [0.05, 0.1) is 0 Å². The number of amides is 2. The van der Waals surface area contributed by atoms with Gasteiger partial charge in [0.2, 0.25) is 11.8 Å². The van der Waals surface area contributed by atoms with Gasteiger partial charge in [0.1, 0.15) is 0 Å². The second kappa shape index (κ2) is 8.03. The fourth-order valence-electron chi connectivity index (χ4n) is 4.20. The topological polar surface area (TPSA) is 49.4 Å². The zero-order valence-electron chi connectivity index (χ0n) is 15.5. The molecule has 1 aliphatic heterocycles. The molecule has 0 aromatic heterocycles. The average molecular weight is 342 g/mol. The molecule has 25 heavy (non-hydrogen) atoms. The Bertz CT molecular complexity index is 620. The van der Waals surface area contributed by atoms with Gasteiger partial charge in [0, 0.05) is 30.6 Å². The Labute approximate surface area is 151 Å². The molecule has 1 unspecified atom stereocenters. The van der Waals surface area contributed by atoms with Crippen LogP contribution in [0.15, 0.2) is 24.3 Å². The van der Waals surface area contributed by atoms with Crippen molar-refractivity contribution in [3.8, 4) is 0 Å². The van der Waals surface area contributed by atoms with Crippen molar-refractivity contribution < 1.29 is 9.59 Å². The molecule has 1 saturated heterocycles. The quantitative estimate of drug-likeness (QED) is 0.902. The van der Waals surface area contributed by atoms with Crippen molar-refractivity contribution in [2.24, 2.45) is 17.8 Å². The third kappa shape index (κ3) is 4.42. The van der Waals surface area contributed by atoms with Gasteiger partial charge >= 0.3 is 0 Å². The van der Waals surface area contributed by atoms with Gasteiger partial charge in [-0.3, -0.25) is 9.59 Å². The molecule has 2 amide bonds. The van der Waals surface area contributed by atoms with Crippen LogP contribution >= 0.6 is 0 Å². The lowest BCUT2D eigenvalue weighted by molar-refractivity contribution is -0.139. The van der Waals surface area contributed by atoms with Crippen LogP contribution in [0.25, 0.3) is 0 Å². The molecule has 0 radical (unpaired) electrons. The summed E-state index contributed by atoms with van der Waals surface area (Å²) in [7, 11) is 0. The number of nitrogens with zero attached hydrogens (tertiary/aromatic N) is 1. The van der Waals surface area contributed by atoms with Gasteiger partial charge < -0.3 is 10.2 Å². The number of anilines is 1. The maximum Gasteiger partial charge on any atom is 0.227 e. The molecule has 0 spiro atoms. The summed E-state index contributed by atoms with van der Waals surface area (Å²) in [6.45, 7) is 6.06. The molecule has 1 aromatic carbocycles. The average Bonchev–Trinajstić information content (AvgIpc) is 2.63. The molecule has 3 rings (SSSR count). The maximum absolute atomic E-state index is 12.7. The number of likely N-dealkylation sites (tertiary alicyclic amines) is 1. The number of para-hydroxylation sites is 1. The molecular formula is C21H30N2O2. The first-order valence-electron chi connectivity index (χ1n) is 9.70. The first-order valence-corrected chi connectivity index (χ1v) is 9.70. The van der Waals surface area contributed by atoms with Crippen LogP contribution in [0.1, 0.15) is 51.0 Å². The Balaban J connectivity index is 1.50. The summed E-state index contributed by atoms with van der Waals surface area (Å²) in [5, 5.41) is 3.06. The summed E-state index contributed by atoms with van der Waals surface area (Å²) in [6.07, 6.45) is 5.68. The van der Waals surface area contributed by atoms with Gasteiger partial charge in [0.25, 0.3) is 0 Å². The van der Waals surface area contributed by atoms with Gasteiger partial charge in [-0.2, -0.15) is 0 Å². The molecule has 136 valence electrons. The van der Waals surface area contributed by atoms with E-state index in [4.69, 9.17) is 0 Å². The molecule has 4 nitrogen and oxygen atoms in total. The summed E-state index contributed by atoms with van der Waals surface area (Å²) >= 11 is 0. The number of nitrogens with one attached hydrogen (secondary N) is 1. The van der Waals surface area contributed by atoms with Crippen molar-refractivity contribution >= 4 is 17.5 Å². The summed E-state index contributed by atoms with van der Waals surface area (Å²) in [4.78, 5) is 27.3. The zero-order valence-corrected chi connectivity index (χ0v) is 15.5. The second-order valence-corrected chi connectivity index (χ2v) is 7.88. The number of rotatable bonds is 3. The van der Waals surface area contributed by atoms with Crippen molar-refractivity contribution in [3.05, 3.63) is 29.8 Å². The lowest BCUT2D eigenvalue weighted by atomic mass is 9.80. The molecule has 1 aliphatic carbocycles. The Morgan fingerprint density at radius 1 is 1.04 bits per heavy atom. The van der Waals surface area contributed by atoms with E-state index in [1.54, 1.807) is 0 Å². The van der Waals surface area contributed by atoms with Crippen molar-refractivity contribution in [3.63, 3.8) is 0 Å². The van der Waals surface area contributed by atoms with Crippen molar-refractivity contribution in [1.29, 1.82) is 0 Å². The van der Waals surface area contributed by atoms with Gasteiger partial charge in [-0.05, 0) is 63.0 Å². The van der Waals surface area contributed by atoms with Gasteiger partial charge in [-0.25, -0.2) is 0 Å². The highest BCUT2D eigenvalue weighted by molar-refractivity contribution is 5.93. The van der Waals surface area contributed by atoms with Gasteiger partial charge in [0.15, 0.2) is 0 Å². The minimum Gasteiger partial charge on any atom is -0.342 e. The van der Waals surface area contributed by atoms with E-state index in [1.165, 1.54) is 6.42 Å². The number of aryl methyl sites for hydroxylation is 1. The second-order valence-electron chi connectivity index (χ2n) is 7.88. The van der Waals surface area contributed by atoms with E-state index in [-0.39, 0.29) is 17.7 Å². The molecule has 1 atom stereocenters. The van der Waals surface area contributed by atoms with E-state index >= 15 is 0 Å². The van der Waals surface area contributed by atoms with Crippen LogP contribution in [0.3, 0.4) is 0 Å². The minimum atomic E-state index is 0.0314. The molecule has 2 aliphatic rings. The van der Waals surface area contributed by atoms with E-state index in [2.05, 4.69) is 17.1 Å². The lowest BCUT2D eigenvalue weighted by Gasteiger charge is -2.35. The van der Waals surface area contributed by atoms with Crippen molar-refractivity contribution in [2.45, 2.75) is 52.4 Å². The van der Waals surface area contributed by atoms with Crippen LogP contribution in [0.4, 0.5) is 5.69 Å². The fourth-order valence-corrected chi connectivity index (χ4v) is 4.20. The Kier molecular flexibility index (Phi) is 5.77. The predicted molar refractivity (Wildman–Crippen MR) is 100 cm³/mol. The predicted octanol–water partition coefficient (Wildman–Crippen LogP) is 4.00. The van der Waals surface area contributed by atoms with Crippen LogP contribution in [0.2, 0.25) is 0 Å². The Morgan fingerprint density at radius 2 is 1.72 bits per heavy atom.